The molecule has 2 N–H and O–H groups in total. The molecule has 5 rings (SSSR count). The Kier molecular flexibility index (Phi) is 6.17. The third-order valence-electron chi connectivity index (χ3n) is 7.13. The molecular weight excluding hydrogens is 406 g/mol. The summed E-state index contributed by atoms with van der Waals surface area (Å²) in [5.74, 6) is 3.05. The first kappa shape index (κ1) is 21.2. The summed E-state index contributed by atoms with van der Waals surface area (Å²) in [5.41, 5.74) is 9.65. The predicted octanol–water partition coefficient (Wildman–Crippen LogP) is 4.81. The van der Waals surface area contributed by atoms with Crippen LogP contribution in [0.5, 0.6) is 0 Å². The van der Waals surface area contributed by atoms with Crippen LogP contribution in [-0.4, -0.2) is 52.8 Å². The van der Waals surface area contributed by atoms with Crippen molar-refractivity contribution in [2.75, 3.05) is 39.1 Å². The highest BCUT2D eigenvalue weighted by Gasteiger charge is 2.25. The molecule has 0 radical (unpaired) electrons. The Balaban J connectivity index is 1.60. The molecule has 0 bridgehead atoms. The Labute approximate surface area is 188 Å². The smallest absolute Gasteiger partial charge is 0.152 e. The van der Waals surface area contributed by atoms with Gasteiger partial charge in [0.1, 0.15) is 11.3 Å². The molecule has 3 aromatic heterocycles. The number of ether oxygens (including phenoxy) is 1. The summed E-state index contributed by atoms with van der Waals surface area (Å²) in [6.45, 7) is 7.39. The highest BCUT2D eigenvalue weighted by atomic mass is 32.1. The molecule has 0 unspecified atom stereocenters. The summed E-state index contributed by atoms with van der Waals surface area (Å²) in [7, 11) is 2.23. The maximum atomic E-state index is 6.46. The van der Waals surface area contributed by atoms with Gasteiger partial charge < -0.3 is 19.9 Å². The van der Waals surface area contributed by atoms with E-state index in [4.69, 9.17) is 20.4 Å². The van der Waals surface area contributed by atoms with E-state index in [9.17, 15) is 0 Å². The van der Waals surface area contributed by atoms with E-state index in [2.05, 4.69) is 29.5 Å². The molecule has 0 amide bonds. The van der Waals surface area contributed by atoms with E-state index < -0.39 is 0 Å². The van der Waals surface area contributed by atoms with Crippen molar-refractivity contribution in [2.24, 2.45) is 5.92 Å². The van der Waals surface area contributed by atoms with Crippen LogP contribution in [0.15, 0.2) is 6.07 Å². The zero-order valence-electron chi connectivity index (χ0n) is 18.9. The highest BCUT2D eigenvalue weighted by molar-refractivity contribution is 7.20. The van der Waals surface area contributed by atoms with E-state index >= 15 is 0 Å². The third kappa shape index (κ3) is 4.20. The number of nitrogen functional groups attached to an aromatic ring is 1. The Hall–Kier alpha value is -1.70. The number of nitrogens with two attached hydrogens (primary N) is 1. The molecule has 0 atom stereocenters. The van der Waals surface area contributed by atoms with Gasteiger partial charge in [0.2, 0.25) is 0 Å². The Morgan fingerprint density at radius 2 is 1.94 bits per heavy atom. The number of piperidine rings is 1. The normalized spacial score (nSPS) is 19.7. The summed E-state index contributed by atoms with van der Waals surface area (Å²) in [4.78, 5) is 13.7. The van der Waals surface area contributed by atoms with Gasteiger partial charge in [-0.25, -0.2) is 9.97 Å². The highest BCUT2D eigenvalue weighted by Crippen LogP contribution is 2.40. The fraction of sp³-hybridized carbons (Fsp3) is 0.667. The second kappa shape index (κ2) is 9.04. The molecule has 2 aliphatic rings. The van der Waals surface area contributed by atoms with Crippen molar-refractivity contribution in [3.05, 3.63) is 16.8 Å². The van der Waals surface area contributed by atoms with Gasteiger partial charge in [-0.1, -0.05) is 13.3 Å². The number of hydrogen-bond donors (Lipinski definition) is 1. The maximum Gasteiger partial charge on any atom is 0.152 e. The number of hydrogen-bond acceptors (Lipinski definition) is 6. The van der Waals surface area contributed by atoms with E-state index in [1.165, 1.54) is 53.3 Å². The summed E-state index contributed by atoms with van der Waals surface area (Å²) < 4.78 is 9.38. The number of aryl methyl sites for hydroxylation is 1. The first-order valence-corrected chi connectivity index (χ1v) is 12.8. The minimum atomic E-state index is 0.578. The van der Waals surface area contributed by atoms with Crippen LogP contribution in [0, 0.1) is 5.92 Å². The number of unbranched alkanes of at least 4 members (excludes halogenated alkanes) is 1. The molecule has 2 fully saturated rings. The standard InChI is InChI=1S/C24H35N5OS/c1-3-4-5-20-27-21-22(29(20)15-16-6-10-28(2)11-7-16)23-18(26-24(21)25)14-19(31-23)17-8-12-30-13-9-17/h14,16-17H,3-13,15H2,1-2H3,(H2,25,26). The zero-order valence-corrected chi connectivity index (χ0v) is 19.7. The topological polar surface area (TPSA) is 69.2 Å². The van der Waals surface area contributed by atoms with Crippen LogP contribution < -0.4 is 5.73 Å². The number of imidazole rings is 1. The average Bonchev–Trinajstić information content (AvgIpc) is 3.36. The number of pyridine rings is 1. The monoisotopic (exact) mass is 441 g/mol. The Bertz CT molecular complexity index is 1040. The minimum absolute atomic E-state index is 0.578. The molecule has 31 heavy (non-hydrogen) atoms. The number of rotatable bonds is 6. The first-order valence-electron chi connectivity index (χ1n) is 12.0. The van der Waals surface area contributed by atoms with Crippen molar-refractivity contribution in [1.82, 2.24) is 19.4 Å². The third-order valence-corrected chi connectivity index (χ3v) is 8.43. The maximum absolute atomic E-state index is 6.46. The van der Waals surface area contributed by atoms with Crippen molar-refractivity contribution < 1.29 is 4.74 Å². The van der Waals surface area contributed by atoms with Gasteiger partial charge in [0.05, 0.1) is 15.7 Å². The molecule has 3 aromatic rings. The van der Waals surface area contributed by atoms with E-state index in [1.54, 1.807) is 0 Å². The summed E-state index contributed by atoms with van der Waals surface area (Å²) in [5, 5.41) is 0. The molecular formula is C24H35N5OS. The van der Waals surface area contributed by atoms with Gasteiger partial charge in [-0.05, 0) is 70.1 Å². The van der Waals surface area contributed by atoms with Crippen LogP contribution in [0.3, 0.4) is 0 Å². The number of thiophene rings is 1. The quantitative estimate of drug-likeness (QED) is 0.595. The molecule has 0 aliphatic carbocycles. The van der Waals surface area contributed by atoms with Gasteiger partial charge in [-0.3, -0.25) is 0 Å². The molecule has 0 aromatic carbocycles. The molecule has 168 valence electrons. The molecule has 0 saturated carbocycles. The molecule has 0 spiro atoms. The van der Waals surface area contributed by atoms with Gasteiger partial charge in [-0.2, -0.15) is 0 Å². The lowest BCUT2D eigenvalue weighted by Crippen LogP contribution is -2.32. The summed E-state index contributed by atoms with van der Waals surface area (Å²) in [6, 6.07) is 2.28. The van der Waals surface area contributed by atoms with E-state index in [0.29, 0.717) is 17.7 Å². The minimum Gasteiger partial charge on any atom is -0.382 e. The largest absolute Gasteiger partial charge is 0.382 e. The van der Waals surface area contributed by atoms with Crippen molar-refractivity contribution in [2.45, 2.75) is 64.3 Å². The SMILES string of the molecule is CCCCc1nc2c(N)nc3cc(C4CCOCC4)sc3c2n1CC1CCN(C)CC1. The van der Waals surface area contributed by atoms with E-state index in [-0.39, 0.29) is 0 Å². The van der Waals surface area contributed by atoms with Crippen molar-refractivity contribution >= 4 is 38.4 Å². The number of likely N-dealkylation sites (tertiary alicyclic amines) is 1. The molecule has 7 heteroatoms. The van der Waals surface area contributed by atoms with E-state index in [0.717, 1.165) is 56.5 Å². The fourth-order valence-electron chi connectivity index (χ4n) is 5.15. The van der Waals surface area contributed by atoms with Gasteiger partial charge in [0.25, 0.3) is 0 Å². The lowest BCUT2D eigenvalue weighted by Gasteiger charge is -2.29. The van der Waals surface area contributed by atoms with Gasteiger partial charge in [-0.15, -0.1) is 11.3 Å². The van der Waals surface area contributed by atoms with Crippen molar-refractivity contribution in [1.29, 1.82) is 0 Å². The predicted molar refractivity (Wildman–Crippen MR) is 129 cm³/mol. The van der Waals surface area contributed by atoms with Crippen molar-refractivity contribution in [3.8, 4) is 0 Å². The first-order chi connectivity index (χ1) is 15.1. The van der Waals surface area contributed by atoms with Crippen LogP contribution >= 0.6 is 11.3 Å². The molecule has 5 heterocycles. The number of anilines is 1. The summed E-state index contributed by atoms with van der Waals surface area (Å²) in [6.07, 6.45) is 8.05. The van der Waals surface area contributed by atoms with Gasteiger partial charge >= 0.3 is 0 Å². The van der Waals surface area contributed by atoms with E-state index in [1.807, 2.05) is 11.3 Å². The van der Waals surface area contributed by atoms with Gasteiger partial charge in [0.15, 0.2) is 5.82 Å². The Morgan fingerprint density at radius 3 is 2.68 bits per heavy atom. The van der Waals surface area contributed by atoms with Crippen LogP contribution in [0.1, 0.15) is 62.1 Å². The van der Waals surface area contributed by atoms with Crippen LogP contribution in [0.4, 0.5) is 5.82 Å². The number of aromatic nitrogens is 3. The Morgan fingerprint density at radius 1 is 1.16 bits per heavy atom. The lowest BCUT2D eigenvalue weighted by molar-refractivity contribution is 0.0860. The fourth-order valence-corrected chi connectivity index (χ4v) is 6.47. The van der Waals surface area contributed by atoms with Gasteiger partial charge in [0, 0.05) is 31.1 Å². The molecule has 6 nitrogen and oxygen atoms in total. The second-order valence-electron chi connectivity index (χ2n) is 9.43. The number of fused-ring (bicyclic) bond motifs is 3. The molecule has 2 aliphatic heterocycles. The summed E-state index contributed by atoms with van der Waals surface area (Å²) >= 11 is 1.91. The van der Waals surface area contributed by atoms with Crippen LogP contribution in [-0.2, 0) is 17.7 Å². The zero-order chi connectivity index (χ0) is 21.4. The van der Waals surface area contributed by atoms with Crippen LogP contribution in [0.25, 0.3) is 21.3 Å². The molecule has 2 saturated heterocycles. The van der Waals surface area contributed by atoms with Crippen molar-refractivity contribution in [3.63, 3.8) is 0 Å². The average molecular weight is 442 g/mol. The van der Waals surface area contributed by atoms with Crippen LogP contribution in [0.2, 0.25) is 0 Å². The number of nitrogens with zero attached hydrogens (tertiary/aromatic N) is 4. The second-order valence-corrected chi connectivity index (χ2v) is 10.5. The lowest BCUT2D eigenvalue weighted by atomic mass is 9.97.